The second-order valence-electron chi connectivity index (χ2n) is 6.36. The van der Waals surface area contributed by atoms with Crippen molar-refractivity contribution in [2.45, 2.75) is 65.3 Å². The van der Waals surface area contributed by atoms with Gasteiger partial charge in [0.25, 0.3) is 0 Å². The number of amides is 1. The molecule has 0 aromatic heterocycles. The molecule has 1 aliphatic rings. The van der Waals surface area contributed by atoms with E-state index in [-0.39, 0.29) is 11.6 Å². The van der Waals surface area contributed by atoms with Crippen LogP contribution in [0.3, 0.4) is 0 Å². The smallest absolute Gasteiger partial charge is 0.413 e. The Morgan fingerprint density at radius 2 is 1.75 bits per heavy atom. The maximum atomic E-state index is 12.1. The number of rotatable bonds is 0. The molecule has 1 aliphatic heterocycles. The molecule has 0 aliphatic carbocycles. The van der Waals surface area contributed by atoms with Gasteiger partial charge in [-0.1, -0.05) is 0 Å². The molecule has 0 spiro atoms. The van der Waals surface area contributed by atoms with Crippen LogP contribution in [0.4, 0.5) is 4.79 Å². The van der Waals surface area contributed by atoms with Crippen molar-refractivity contribution in [1.82, 2.24) is 4.90 Å². The van der Waals surface area contributed by atoms with E-state index in [9.17, 15) is 4.79 Å². The summed E-state index contributed by atoms with van der Waals surface area (Å²) >= 11 is 0. The second kappa shape index (κ2) is 3.62. The van der Waals surface area contributed by atoms with Gasteiger partial charge in [-0.3, -0.25) is 4.90 Å². The van der Waals surface area contributed by atoms with Crippen LogP contribution in [0.15, 0.2) is 0 Å². The van der Waals surface area contributed by atoms with E-state index in [2.05, 4.69) is 0 Å². The summed E-state index contributed by atoms with van der Waals surface area (Å²) in [7, 11) is 0. The summed E-state index contributed by atoms with van der Waals surface area (Å²) in [5.74, 6) is 0. The largest absolute Gasteiger partial charge is 0.444 e. The van der Waals surface area contributed by atoms with E-state index in [1.165, 1.54) is 0 Å². The average Bonchev–Trinajstić information content (AvgIpc) is 2.16. The average molecular weight is 229 g/mol. The Balaban J connectivity index is 2.89. The molecule has 0 atom stereocenters. The maximum absolute atomic E-state index is 12.1. The normalized spacial score (nSPS) is 23.3. The Hall–Kier alpha value is -0.770. The molecule has 0 unspecified atom stereocenters. The van der Waals surface area contributed by atoms with E-state index in [0.29, 0.717) is 6.61 Å². The molecule has 1 heterocycles. The lowest BCUT2D eigenvalue weighted by atomic mass is 10.0. The number of hydrogen-bond donors (Lipinski definition) is 0. The van der Waals surface area contributed by atoms with Gasteiger partial charge in [-0.2, -0.15) is 0 Å². The summed E-state index contributed by atoms with van der Waals surface area (Å²) in [5.41, 5.74) is -1.41. The first-order valence-electron chi connectivity index (χ1n) is 5.63. The van der Waals surface area contributed by atoms with Crippen LogP contribution < -0.4 is 0 Å². The van der Waals surface area contributed by atoms with E-state index in [4.69, 9.17) is 9.47 Å². The van der Waals surface area contributed by atoms with Gasteiger partial charge >= 0.3 is 6.09 Å². The van der Waals surface area contributed by atoms with Crippen LogP contribution in [0.25, 0.3) is 0 Å². The predicted molar refractivity (Wildman–Crippen MR) is 62.2 cm³/mol. The fraction of sp³-hybridized carbons (Fsp3) is 0.917. The lowest BCUT2D eigenvalue weighted by molar-refractivity contribution is -0.0667. The Bertz CT molecular complexity index is 273. The van der Waals surface area contributed by atoms with Gasteiger partial charge in [0, 0.05) is 0 Å². The van der Waals surface area contributed by atoms with Crippen molar-refractivity contribution in [3.63, 3.8) is 0 Å². The number of ether oxygens (including phenoxy) is 2. The molecule has 4 nitrogen and oxygen atoms in total. The van der Waals surface area contributed by atoms with E-state index in [0.717, 1.165) is 0 Å². The third-order valence-electron chi connectivity index (χ3n) is 2.50. The van der Waals surface area contributed by atoms with Gasteiger partial charge in [0.2, 0.25) is 0 Å². The molecule has 1 amide bonds. The molecule has 16 heavy (non-hydrogen) atoms. The minimum Gasteiger partial charge on any atom is -0.444 e. The molecule has 4 heteroatoms. The molecular formula is C12H23NO3. The van der Waals surface area contributed by atoms with Gasteiger partial charge in [0.15, 0.2) is 0 Å². The summed E-state index contributed by atoms with van der Waals surface area (Å²) in [5, 5.41) is 0. The van der Waals surface area contributed by atoms with Crippen LogP contribution in [-0.4, -0.2) is 34.5 Å². The van der Waals surface area contributed by atoms with Gasteiger partial charge < -0.3 is 9.47 Å². The number of carbonyl (C=O) groups excluding carboxylic acids is 1. The summed E-state index contributed by atoms with van der Waals surface area (Å²) in [6, 6.07) is 0. The first-order chi connectivity index (χ1) is 6.96. The van der Waals surface area contributed by atoms with E-state index < -0.39 is 11.3 Å². The second-order valence-corrected chi connectivity index (χ2v) is 6.36. The first kappa shape index (κ1) is 13.3. The van der Waals surface area contributed by atoms with Gasteiger partial charge in [-0.15, -0.1) is 0 Å². The lowest BCUT2D eigenvalue weighted by Crippen LogP contribution is -2.54. The van der Waals surface area contributed by atoms with Crippen LogP contribution in [0.5, 0.6) is 0 Å². The van der Waals surface area contributed by atoms with Crippen LogP contribution in [0.2, 0.25) is 0 Å². The zero-order valence-corrected chi connectivity index (χ0v) is 11.4. The Morgan fingerprint density at radius 1 is 1.25 bits per heavy atom. The van der Waals surface area contributed by atoms with Crippen molar-refractivity contribution in [2.75, 3.05) is 6.61 Å². The van der Waals surface area contributed by atoms with Gasteiger partial charge in [-0.25, -0.2) is 4.79 Å². The highest BCUT2D eigenvalue weighted by Crippen LogP contribution is 2.35. The standard InChI is InChI=1S/C12H23NO3/c1-10(2,3)16-9(14)13-11(4,5)8-15-12(13,6)7/h8H2,1-7H3. The molecule has 0 radical (unpaired) electrons. The van der Waals surface area contributed by atoms with Gasteiger partial charge in [-0.05, 0) is 48.5 Å². The van der Waals surface area contributed by atoms with Crippen molar-refractivity contribution in [3.8, 4) is 0 Å². The fourth-order valence-electron chi connectivity index (χ4n) is 1.99. The highest BCUT2D eigenvalue weighted by Gasteiger charge is 2.50. The molecule has 94 valence electrons. The molecule has 0 aromatic carbocycles. The van der Waals surface area contributed by atoms with Crippen molar-refractivity contribution < 1.29 is 14.3 Å². The van der Waals surface area contributed by atoms with Crippen molar-refractivity contribution in [1.29, 1.82) is 0 Å². The summed E-state index contributed by atoms with van der Waals surface area (Å²) in [6.07, 6.45) is -0.319. The van der Waals surface area contributed by atoms with Crippen LogP contribution in [0, 0.1) is 0 Å². The van der Waals surface area contributed by atoms with Crippen LogP contribution >= 0.6 is 0 Å². The molecule has 0 bridgehead atoms. The quantitative estimate of drug-likeness (QED) is 0.641. The number of carbonyl (C=O) groups is 1. The Morgan fingerprint density at radius 3 is 2.06 bits per heavy atom. The van der Waals surface area contributed by atoms with Crippen LogP contribution in [-0.2, 0) is 9.47 Å². The molecule has 1 rings (SSSR count). The van der Waals surface area contributed by atoms with Gasteiger partial charge in [0.1, 0.15) is 11.3 Å². The number of nitrogens with zero attached hydrogens (tertiary/aromatic N) is 1. The predicted octanol–water partition coefficient (Wildman–Crippen LogP) is 2.77. The Labute approximate surface area is 97.9 Å². The molecular weight excluding hydrogens is 206 g/mol. The third-order valence-corrected chi connectivity index (χ3v) is 2.50. The van der Waals surface area contributed by atoms with Crippen molar-refractivity contribution in [3.05, 3.63) is 0 Å². The van der Waals surface area contributed by atoms with Crippen molar-refractivity contribution >= 4 is 6.09 Å². The minimum atomic E-state index is -0.605. The SMILES string of the molecule is CC(C)(C)OC(=O)N1C(C)(C)COC1(C)C. The van der Waals surface area contributed by atoms with Crippen LogP contribution in [0.1, 0.15) is 48.5 Å². The molecule has 1 saturated heterocycles. The Kier molecular flexibility index (Phi) is 3.01. The first-order valence-corrected chi connectivity index (χ1v) is 5.63. The van der Waals surface area contributed by atoms with Gasteiger partial charge in [0.05, 0.1) is 12.1 Å². The number of hydrogen-bond acceptors (Lipinski definition) is 3. The zero-order valence-electron chi connectivity index (χ0n) is 11.4. The van der Waals surface area contributed by atoms with E-state index >= 15 is 0 Å². The fourth-order valence-corrected chi connectivity index (χ4v) is 1.99. The minimum absolute atomic E-state index is 0.319. The maximum Gasteiger partial charge on any atom is 0.413 e. The zero-order chi connectivity index (χ0) is 12.8. The summed E-state index contributed by atoms with van der Waals surface area (Å²) in [4.78, 5) is 13.8. The monoisotopic (exact) mass is 229 g/mol. The lowest BCUT2D eigenvalue weighted by Gasteiger charge is -2.38. The van der Waals surface area contributed by atoms with Crippen molar-refractivity contribution in [2.24, 2.45) is 0 Å². The molecule has 0 aromatic rings. The topological polar surface area (TPSA) is 38.8 Å². The van der Waals surface area contributed by atoms with E-state index in [1.807, 2.05) is 48.5 Å². The molecule has 1 fully saturated rings. The molecule has 0 N–H and O–H groups in total. The third kappa shape index (κ3) is 2.67. The molecule has 0 saturated carbocycles. The highest BCUT2D eigenvalue weighted by molar-refractivity contribution is 5.70. The summed E-state index contributed by atoms with van der Waals surface area (Å²) in [6.45, 7) is 13.8. The van der Waals surface area contributed by atoms with E-state index in [1.54, 1.807) is 4.90 Å². The highest BCUT2D eigenvalue weighted by atomic mass is 16.6. The summed E-state index contributed by atoms with van der Waals surface area (Å²) < 4.78 is 11.0.